The molecule has 1 aliphatic heterocycles. The molecule has 0 radical (unpaired) electrons. The molecule has 0 saturated carbocycles. The van der Waals surface area contributed by atoms with Crippen molar-refractivity contribution in [2.75, 3.05) is 19.8 Å². The number of nitrogens with two attached hydrogens (primary N) is 1. The van der Waals surface area contributed by atoms with Crippen LogP contribution in [0.5, 0.6) is 0 Å². The van der Waals surface area contributed by atoms with E-state index in [1.54, 1.807) is 0 Å². The molecule has 0 aliphatic carbocycles. The van der Waals surface area contributed by atoms with Crippen LogP contribution in [0.4, 0.5) is 0 Å². The Hall–Kier alpha value is -0.320. The number of carbonyl (C=O) groups is 1. The maximum atomic E-state index is 11.8. The average Bonchev–Trinajstić information content (AvgIpc) is 2.34. The van der Waals surface area contributed by atoms with E-state index in [1.165, 1.54) is 0 Å². The van der Waals surface area contributed by atoms with Gasteiger partial charge in [0.15, 0.2) is 0 Å². The SMILES string of the molecule is CC(C)CCCNC(=O)C(N)C1CCOCC1.Cl. The highest BCUT2D eigenvalue weighted by molar-refractivity contribution is 5.85. The molecule has 0 aromatic heterocycles. The maximum absolute atomic E-state index is 11.8. The Morgan fingerprint density at radius 3 is 2.56 bits per heavy atom. The third-order valence-electron chi connectivity index (χ3n) is 3.33. The number of halogens is 1. The van der Waals surface area contributed by atoms with Gasteiger partial charge in [-0.15, -0.1) is 12.4 Å². The molecule has 1 rings (SSSR count). The summed E-state index contributed by atoms with van der Waals surface area (Å²) in [6.45, 7) is 6.59. The summed E-state index contributed by atoms with van der Waals surface area (Å²) >= 11 is 0. The number of hydrogen-bond acceptors (Lipinski definition) is 3. The van der Waals surface area contributed by atoms with Gasteiger partial charge < -0.3 is 15.8 Å². The summed E-state index contributed by atoms with van der Waals surface area (Å²) in [5.41, 5.74) is 5.97. The number of rotatable bonds is 6. The average molecular weight is 279 g/mol. The minimum Gasteiger partial charge on any atom is -0.381 e. The molecular weight excluding hydrogens is 252 g/mol. The highest BCUT2D eigenvalue weighted by Gasteiger charge is 2.26. The van der Waals surface area contributed by atoms with Gasteiger partial charge in [-0.05, 0) is 37.5 Å². The second kappa shape index (κ2) is 9.59. The highest BCUT2D eigenvalue weighted by Crippen LogP contribution is 2.17. The zero-order valence-corrected chi connectivity index (χ0v) is 12.3. The molecule has 0 bridgehead atoms. The van der Waals surface area contributed by atoms with Gasteiger partial charge in [-0.2, -0.15) is 0 Å². The van der Waals surface area contributed by atoms with E-state index in [0.29, 0.717) is 5.92 Å². The van der Waals surface area contributed by atoms with Crippen molar-refractivity contribution >= 4 is 18.3 Å². The van der Waals surface area contributed by atoms with Crippen LogP contribution in [-0.4, -0.2) is 31.7 Å². The third-order valence-corrected chi connectivity index (χ3v) is 3.33. The van der Waals surface area contributed by atoms with Crippen molar-refractivity contribution < 1.29 is 9.53 Å². The van der Waals surface area contributed by atoms with Crippen LogP contribution in [0.2, 0.25) is 0 Å². The summed E-state index contributed by atoms with van der Waals surface area (Å²) in [4.78, 5) is 11.8. The van der Waals surface area contributed by atoms with E-state index in [9.17, 15) is 4.79 Å². The van der Waals surface area contributed by atoms with Gasteiger partial charge in [0.1, 0.15) is 0 Å². The van der Waals surface area contributed by atoms with Gasteiger partial charge in [0.2, 0.25) is 5.91 Å². The van der Waals surface area contributed by atoms with Crippen LogP contribution in [0.1, 0.15) is 39.5 Å². The Labute approximate surface area is 116 Å². The fraction of sp³-hybridized carbons (Fsp3) is 0.923. The lowest BCUT2D eigenvalue weighted by Crippen LogP contribution is -2.47. The highest BCUT2D eigenvalue weighted by atomic mass is 35.5. The first-order valence-corrected chi connectivity index (χ1v) is 6.72. The standard InChI is InChI=1S/C13H26N2O2.ClH/c1-10(2)4-3-7-15-13(16)12(14)11-5-8-17-9-6-11;/h10-12H,3-9,14H2,1-2H3,(H,15,16);1H. The summed E-state index contributed by atoms with van der Waals surface area (Å²) in [5.74, 6) is 0.977. The molecule has 1 aliphatic rings. The van der Waals surface area contributed by atoms with E-state index in [2.05, 4.69) is 19.2 Å². The van der Waals surface area contributed by atoms with Crippen molar-refractivity contribution in [3.63, 3.8) is 0 Å². The van der Waals surface area contributed by atoms with E-state index >= 15 is 0 Å². The van der Waals surface area contributed by atoms with E-state index in [-0.39, 0.29) is 30.3 Å². The lowest BCUT2D eigenvalue weighted by Gasteiger charge is -2.26. The minimum absolute atomic E-state index is 0. The molecule has 108 valence electrons. The molecule has 4 nitrogen and oxygen atoms in total. The van der Waals surface area contributed by atoms with Gasteiger partial charge >= 0.3 is 0 Å². The molecule has 0 aromatic carbocycles. The van der Waals surface area contributed by atoms with Crippen LogP contribution in [-0.2, 0) is 9.53 Å². The molecule has 1 fully saturated rings. The van der Waals surface area contributed by atoms with Crippen LogP contribution in [0.25, 0.3) is 0 Å². The zero-order chi connectivity index (χ0) is 12.7. The van der Waals surface area contributed by atoms with Crippen LogP contribution in [0, 0.1) is 11.8 Å². The van der Waals surface area contributed by atoms with Crippen molar-refractivity contribution in [1.29, 1.82) is 0 Å². The fourth-order valence-electron chi connectivity index (χ4n) is 2.13. The first-order chi connectivity index (χ1) is 8.11. The number of carbonyl (C=O) groups excluding carboxylic acids is 1. The molecule has 0 aromatic rings. The number of nitrogens with one attached hydrogen (secondary N) is 1. The Bertz CT molecular complexity index is 231. The smallest absolute Gasteiger partial charge is 0.237 e. The van der Waals surface area contributed by atoms with Gasteiger partial charge in [0.05, 0.1) is 6.04 Å². The number of amides is 1. The van der Waals surface area contributed by atoms with Crippen LogP contribution in [0.3, 0.4) is 0 Å². The molecule has 1 amide bonds. The van der Waals surface area contributed by atoms with Crippen molar-refractivity contribution in [2.45, 2.75) is 45.6 Å². The number of hydrogen-bond donors (Lipinski definition) is 2. The Kier molecular flexibility index (Phi) is 9.42. The van der Waals surface area contributed by atoms with Gasteiger partial charge in [-0.25, -0.2) is 0 Å². The predicted octanol–water partition coefficient (Wildman–Crippen LogP) is 1.71. The van der Waals surface area contributed by atoms with Crippen molar-refractivity contribution in [2.24, 2.45) is 17.6 Å². The molecule has 0 spiro atoms. The molecule has 18 heavy (non-hydrogen) atoms. The molecular formula is C13H27ClN2O2. The maximum Gasteiger partial charge on any atom is 0.237 e. The molecule has 5 heteroatoms. The summed E-state index contributed by atoms with van der Waals surface area (Å²) in [5, 5.41) is 2.93. The normalized spacial score (nSPS) is 18.2. The molecule has 1 atom stereocenters. The van der Waals surface area contributed by atoms with Crippen LogP contribution in [0.15, 0.2) is 0 Å². The Morgan fingerprint density at radius 2 is 2.00 bits per heavy atom. The van der Waals surface area contributed by atoms with Gasteiger partial charge in [-0.3, -0.25) is 4.79 Å². The van der Waals surface area contributed by atoms with Gasteiger partial charge in [0.25, 0.3) is 0 Å². The van der Waals surface area contributed by atoms with Gasteiger partial charge in [-0.1, -0.05) is 13.8 Å². The third kappa shape index (κ3) is 6.57. The zero-order valence-electron chi connectivity index (χ0n) is 11.5. The Balaban J connectivity index is 0.00000289. The predicted molar refractivity (Wildman–Crippen MR) is 75.8 cm³/mol. The number of ether oxygens (including phenoxy) is 1. The van der Waals surface area contributed by atoms with E-state index in [0.717, 1.165) is 45.4 Å². The van der Waals surface area contributed by atoms with E-state index < -0.39 is 0 Å². The molecule has 1 heterocycles. The topological polar surface area (TPSA) is 64.4 Å². The first kappa shape index (κ1) is 17.7. The van der Waals surface area contributed by atoms with Crippen molar-refractivity contribution in [3.8, 4) is 0 Å². The summed E-state index contributed by atoms with van der Waals surface area (Å²) in [7, 11) is 0. The van der Waals surface area contributed by atoms with Gasteiger partial charge in [0, 0.05) is 19.8 Å². The molecule has 3 N–H and O–H groups in total. The fourth-order valence-corrected chi connectivity index (χ4v) is 2.13. The first-order valence-electron chi connectivity index (χ1n) is 6.72. The quantitative estimate of drug-likeness (QED) is 0.727. The summed E-state index contributed by atoms with van der Waals surface area (Å²) < 4.78 is 5.27. The van der Waals surface area contributed by atoms with Crippen LogP contribution < -0.4 is 11.1 Å². The summed E-state index contributed by atoms with van der Waals surface area (Å²) in [6.07, 6.45) is 3.98. The van der Waals surface area contributed by atoms with E-state index in [4.69, 9.17) is 10.5 Å². The van der Waals surface area contributed by atoms with E-state index in [1.807, 2.05) is 0 Å². The minimum atomic E-state index is -0.363. The van der Waals surface area contributed by atoms with Crippen molar-refractivity contribution in [3.05, 3.63) is 0 Å². The molecule has 1 unspecified atom stereocenters. The lowest BCUT2D eigenvalue weighted by molar-refractivity contribution is -0.124. The largest absolute Gasteiger partial charge is 0.381 e. The lowest BCUT2D eigenvalue weighted by atomic mass is 9.92. The Morgan fingerprint density at radius 1 is 1.39 bits per heavy atom. The molecule has 1 saturated heterocycles. The second-order valence-corrected chi connectivity index (χ2v) is 5.30. The monoisotopic (exact) mass is 278 g/mol. The van der Waals surface area contributed by atoms with Crippen LogP contribution >= 0.6 is 12.4 Å². The van der Waals surface area contributed by atoms with Crippen molar-refractivity contribution in [1.82, 2.24) is 5.32 Å². The second-order valence-electron chi connectivity index (χ2n) is 5.30. The summed E-state index contributed by atoms with van der Waals surface area (Å²) in [6, 6.07) is -0.363.